The third kappa shape index (κ3) is 3.51. The summed E-state index contributed by atoms with van der Waals surface area (Å²) in [6.07, 6.45) is 1.49. The van der Waals surface area contributed by atoms with Crippen LogP contribution in [0.25, 0.3) is 5.78 Å². The average molecular weight is 324 g/mol. The summed E-state index contributed by atoms with van der Waals surface area (Å²) in [5.74, 6) is 1.39. The molecule has 0 spiro atoms. The Labute approximate surface area is 140 Å². The largest absolute Gasteiger partial charge is 0.366 e. The Morgan fingerprint density at radius 2 is 2.00 bits per heavy atom. The van der Waals surface area contributed by atoms with Crippen molar-refractivity contribution >= 4 is 23.2 Å². The molecule has 2 heterocycles. The molecule has 24 heavy (non-hydrogen) atoms. The molecule has 124 valence electrons. The van der Waals surface area contributed by atoms with E-state index < -0.39 is 0 Å². The fourth-order valence-electron chi connectivity index (χ4n) is 2.24. The Bertz CT molecular complexity index is 853. The maximum atomic E-state index is 11.7. The van der Waals surface area contributed by atoms with Crippen molar-refractivity contribution in [3.8, 4) is 0 Å². The van der Waals surface area contributed by atoms with Gasteiger partial charge in [0.25, 0.3) is 5.78 Å². The van der Waals surface area contributed by atoms with Gasteiger partial charge in [0.05, 0.1) is 0 Å². The maximum Gasteiger partial charge on any atom is 0.254 e. The molecule has 0 radical (unpaired) electrons. The van der Waals surface area contributed by atoms with E-state index >= 15 is 0 Å². The number of nitrogens with zero attached hydrogens (tertiary/aromatic N) is 4. The van der Waals surface area contributed by atoms with E-state index in [0.29, 0.717) is 12.3 Å². The van der Waals surface area contributed by atoms with Crippen LogP contribution < -0.4 is 10.6 Å². The molecule has 0 fully saturated rings. The normalized spacial score (nSPS) is 11.0. The molecule has 3 aromatic rings. The molecule has 0 atom stereocenters. The lowest BCUT2D eigenvalue weighted by Gasteiger charge is -2.10. The highest BCUT2D eigenvalue weighted by atomic mass is 16.1. The van der Waals surface area contributed by atoms with Crippen molar-refractivity contribution in [2.24, 2.45) is 5.92 Å². The summed E-state index contributed by atoms with van der Waals surface area (Å²) in [4.78, 5) is 20.1. The van der Waals surface area contributed by atoms with E-state index in [2.05, 4.69) is 25.7 Å². The number of carbonyl (C=O) groups excluding carboxylic acids is 1. The maximum absolute atomic E-state index is 11.7. The molecule has 2 aromatic heterocycles. The Kier molecular flexibility index (Phi) is 4.41. The topological polar surface area (TPSA) is 84.2 Å². The first-order chi connectivity index (χ1) is 11.5. The monoisotopic (exact) mass is 324 g/mol. The number of hydrogen-bond donors (Lipinski definition) is 2. The Hall–Kier alpha value is -2.96. The molecule has 0 aliphatic rings. The first kappa shape index (κ1) is 15.9. The number of aromatic nitrogens is 4. The van der Waals surface area contributed by atoms with Gasteiger partial charge in [-0.25, -0.2) is 4.98 Å². The highest BCUT2D eigenvalue weighted by Gasteiger charge is 2.07. The van der Waals surface area contributed by atoms with Crippen LogP contribution in [0.15, 0.2) is 36.7 Å². The van der Waals surface area contributed by atoms with Gasteiger partial charge in [0.15, 0.2) is 0 Å². The Morgan fingerprint density at radius 1 is 1.25 bits per heavy atom. The molecule has 0 aliphatic carbocycles. The summed E-state index contributed by atoms with van der Waals surface area (Å²) >= 11 is 0. The number of aryl methyl sites for hydroxylation is 1. The summed E-state index contributed by atoms with van der Waals surface area (Å²) in [6.45, 7) is 6.30. The van der Waals surface area contributed by atoms with E-state index in [1.807, 2.05) is 51.1 Å². The van der Waals surface area contributed by atoms with Crippen LogP contribution >= 0.6 is 0 Å². The molecule has 2 N–H and O–H groups in total. The second-order valence-corrected chi connectivity index (χ2v) is 5.95. The quantitative estimate of drug-likeness (QED) is 0.754. The van der Waals surface area contributed by atoms with Gasteiger partial charge in [-0.05, 0) is 24.6 Å². The molecule has 7 heteroatoms. The number of rotatable bonds is 5. The summed E-state index contributed by atoms with van der Waals surface area (Å²) < 4.78 is 1.67. The third-order valence-electron chi connectivity index (χ3n) is 3.60. The summed E-state index contributed by atoms with van der Waals surface area (Å²) in [6, 6.07) is 9.70. The van der Waals surface area contributed by atoms with Crippen molar-refractivity contribution < 1.29 is 4.79 Å². The average Bonchev–Trinajstić information content (AvgIpc) is 3.02. The minimum Gasteiger partial charge on any atom is -0.366 e. The molecule has 0 bridgehead atoms. The van der Waals surface area contributed by atoms with Gasteiger partial charge in [0.2, 0.25) is 5.91 Å². The third-order valence-corrected chi connectivity index (χ3v) is 3.60. The smallest absolute Gasteiger partial charge is 0.254 e. The summed E-state index contributed by atoms with van der Waals surface area (Å²) in [5, 5.41) is 10.4. The second-order valence-electron chi connectivity index (χ2n) is 5.95. The van der Waals surface area contributed by atoms with Gasteiger partial charge in [-0.3, -0.25) is 4.79 Å². The lowest BCUT2D eigenvalue weighted by molar-refractivity contribution is -0.118. The van der Waals surface area contributed by atoms with Crippen LogP contribution in [-0.4, -0.2) is 25.5 Å². The van der Waals surface area contributed by atoms with Crippen molar-refractivity contribution in [1.29, 1.82) is 0 Å². The number of benzene rings is 1. The molecular formula is C17H20N6O. The van der Waals surface area contributed by atoms with Crippen LogP contribution in [0.4, 0.5) is 11.5 Å². The molecule has 1 amide bonds. The molecule has 7 nitrogen and oxygen atoms in total. The van der Waals surface area contributed by atoms with Crippen LogP contribution in [0.3, 0.4) is 0 Å². The van der Waals surface area contributed by atoms with E-state index in [9.17, 15) is 4.79 Å². The van der Waals surface area contributed by atoms with Crippen LogP contribution in [-0.2, 0) is 11.3 Å². The van der Waals surface area contributed by atoms with Crippen molar-refractivity contribution in [2.45, 2.75) is 27.3 Å². The molecule has 0 unspecified atom stereocenters. The Morgan fingerprint density at radius 3 is 2.71 bits per heavy atom. The first-order valence-electron chi connectivity index (χ1n) is 7.84. The SMILES string of the molecule is Cc1cc(NCc2ccc(NC(=O)C(C)C)cc2)n2ncnc2n1. The minimum absolute atomic E-state index is 0.0155. The van der Waals surface area contributed by atoms with Gasteiger partial charge >= 0.3 is 0 Å². The molecule has 0 aliphatic heterocycles. The van der Waals surface area contributed by atoms with Crippen LogP contribution in [0.1, 0.15) is 25.1 Å². The van der Waals surface area contributed by atoms with Crippen molar-refractivity contribution in [3.05, 3.63) is 47.9 Å². The highest BCUT2D eigenvalue weighted by molar-refractivity contribution is 5.92. The molecule has 0 saturated carbocycles. The van der Waals surface area contributed by atoms with Gasteiger partial charge in [-0.15, -0.1) is 0 Å². The minimum atomic E-state index is -0.0358. The van der Waals surface area contributed by atoms with E-state index in [0.717, 1.165) is 22.8 Å². The van der Waals surface area contributed by atoms with Crippen LogP contribution in [0, 0.1) is 12.8 Å². The number of fused-ring (bicyclic) bond motifs is 1. The van der Waals surface area contributed by atoms with E-state index in [1.54, 1.807) is 4.52 Å². The fourth-order valence-corrected chi connectivity index (χ4v) is 2.24. The molecule has 0 saturated heterocycles. The predicted octanol–water partition coefficient (Wildman–Crippen LogP) is 2.64. The number of nitrogens with one attached hydrogen (secondary N) is 2. The van der Waals surface area contributed by atoms with Gasteiger partial charge in [-0.2, -0.15) is 14.6 Å². The number of amides is 1. The Balaban J connectivity index is 1.68. The lowest BCUT2D eigenvalue weighted by atomic mass is 10.1. The van der Waals surface area contributed by atoms with Crippen LogP contribution in [0.2, 0.25) is 0 Å². The number of carbonyl (C=O) groups is 1. The van der Waals surface area contributed by atoms with Gasteiger partial charge in [0, 0.05) is 29.9 Å². The van der Waals surface area contributed by atoms with Crippen LogP contribution in [0.5, 0.6) is 0 Å². The second kappa shape index (κ2) is 6.66. The number of anilines is 2. The zero-order valence-corrected chi connectivity index (χ0v) is 13.9. The lowest BCUT2D eigenvalue weighted by Crippen LogP contribution is -2.17. The summed E-state index contributed by atoms with van der Waals surface area (Å²) in [5.41, 5.74) is 2.78. The zero-order chi connectivity index (χ0) is 17.1. The van der Waals surface area contributed by atoms with Gasteiger partial charge in [0.1, 0.15) is 12.1 Å². The zero-order valence-electron chi connectivity index (χ0n) is 13.9. The van der Waals surface area contributed by atoms with E-state index in [-0.39, 0.29) is 11.8 Å². The number of hydrogen-bond acceptors (Lipinski definition) is 5. The van der Waals surface area contributed by atoms with Gasteiger partial charge in [-0.1, -0.05) is 26.0 Å². The van der Waals surface area contributed by atoms with Gasteiger partial charge < -0.3 is 10.6 Å². The van der Waals surface area contributed by atoms with E-state index in [1.165, 1.54) is 6.33 Å². The predicted molar refractivity (Wildman–Crippen MR) is 92.8 cm³/mol. The standard InChI is InChI=1S/C17H20N6O/c1-11(2)16(24)22-14-6-4-13(5-7-14)9-18-15-8-12(3)21-17-19-10-20-23(15)17/h4-8,10-11,18H,9H2,1-3H3,(H,22,24). The van der Waals surface area contributed by atoms with Crippen molar-refractivity contribution in [1.82, 2.24) is 19.6 Å². The summed E-state index contributed by atoms with van der Waals surface area (Å²) in [7, 11) is 0. The highest BCUT2D eigenvalue weighted by Crippen LogP contribution is 2.14. The van der Waals surface area contributed by atoms with Crippen molar-refractivity contribution in [2.75, 3.05) is 10.6 Å². The fraction of sp³-hybridized carbons (Fsp3) is 0.294. The molecular weight excluding hydrogens is 304 g/mol. The molecule has 3 rings (SSSR count). The molecule has 1 aromatic carbocycles. The van der Waals surface area contributed by atoms with Crippen molar-refractivity contribution in [3.63, 3.8) is 0 Å². The van der Waals surface area contributed by atoms with E-state index in [4.69, 9.17) is 0 Å². The first-order valence-corrected chi connectivity index (χ1v) is 7.84.